The van der Waals surface area contributed by atoms with Gasteiger partial charge in [-0.3, -0.25) is 4.79 Å². The quantitative estimate of drug-likeness (QED) is 0.477. The van der Waals surface area contributed by atoms with Gasteiger partial charge in [-0.15, -0.1) is 0 Å². The predicted octanol–water partition coefficient (Wildman–Crippen LogP) is 2.80. The molecule has 2 heterocycles. The molecule has 0 saturated heterocycles. The first-order valence-electron chi connectivity index (χ1n) is 7.46. The molecule has 1 aromatic carbocycles. The number of ether oxygens (including phenoxy) is 3. The molecule has 2 aromatic rings. The van der Waals surface area contributed by atoms with Crippen molar-refractivity contribution in [1.29, 1.82) is 0 Å². The number of hydrogen-bond acceptors (Lipinski definition) is 6. The number of rotatable bonds is 5. The summed E-state index contributed by atoms with van der Waals surface area (Å²) in [5, 5.41) is 0. The van der Waals surface area contributed by atoms with Crippen molar-refractivity contribution in [2.45, 2.75) is 6.92 Å². The van der Waals surface area contributed by atoms with Crippen molar-refractivity contribution >= 4 is 17.8 Å². The molecule has 124 valence electrons. The molecule has 0 saturated carbocycles. The van der Waals surface area contributed by atoms with Crippen molar-refractivity contribution in [3.05, 3.63) is 53.5 Å². The van der Waals surface area contributed by atoms with Gasteiger partial charge >= 0.3 is 5.97 Å². The highest BCUT2D eigenvalue weighted by molar-refractivity contribution is 5.99. The number of furan rings is 1. The molecule has 0 unspecified atom stereocenters. The summed E-state index contributed by atoms with van der Waals surface area (Å²) in [4.78, 5) is 23.7. The van der Waals surface area contributed by atoms with Gasteiger partial charge in [0.2, 0.25) is 0 Å². The zero-order valence-electron chi connectivity index (χ0n) is 13.1. The third kappa shape index (κ3) is 3.84. The van der Waals surface area contributed by atoms with Gasteiger partial charge in [-0.2, -0.15) is 0 Å². The maximum Gasteiger partial charge on any atom is 0.331 e. The molecule has 6 nitrogen and oxygen atoms in total. The van der Waals surface area contributed by atoms with Crippen LogP contribution >= 0.6 is 0 Å². The van der Waals surface area contributed by atoms with E-state index in [0.717, 1.165) is 5.76 Å². The average Bonchev–Trinajstić information content (AvgIpc) is 3.02. The number of esters is 1. The highest BCUT2D eigenvalue weighted by Gasteiger charge is 2.15. The molecular formula is C18H16O6. The first-order chi connectivity index (χ1) is 11.6. The van der Waals surface area contributed by atoms with Crippen molar-refractivity contribution in [3.63, 3.8) is 0 Å². The van der Waals surface area contributed by atoms with Gasteiger partial charge in [-0.25, -0.2) is 4.79 Å². The topological polar surface area (TPSA) is 75.0 Å². The Kier molecular flexibility index (Phi) is 4.65. The summed E-state index contributed by atoms with van der Waals surface area (Å²) >= 11 is 0. The standard InChI is InChI=1S/C18H16O6/c1-12-2-4-14(24-12)5-7-18(20)23-11-15(19)13-3-6-16-17(10-13)22-9-8-21-16/h2-7,10H,8-9,11H2,1H3. The minimum atomic E-state index is -0.616. The SMILES string of the molecule is Cc1ccc(C=CC(=O)OCC(=O)c2ccc3c(c2)OCCO3)o1. The molecular weight excluding hydrogens is 312 g/mol. The molecule has 0 bridgehead atoms. The smallest absolute Gasteiger partial charge is 0.331 e. The minimum absolute atomic E-state index is 0.317. The van der Waals surface area contributed by atoms with Crippen LogP contribution in [-0.2, 0) is 9.53 Å². The lowest BCUT2D eigenvalue weighted by Gasteiger charge is -2.18. The van der Waals surface area contributed by atoms with E-state index in [-0.39, 0.29) is 12.4 Å². The summed E-state index contributed by atoms with van der Waals surface area (Å²) in [6, 6.07) is 8.40. The van der Waals surface area contributed by atoms with Gasteiger partial charge < -0.3 is 18.6 Å². The van der Waals surface area contributed by atoms with E-state index in [4.69, 9.17) is 18.6 Å². The molecule has 3 rings (SSSR count). The number of carbonyl (C=O) groups excluding carboxylic acids is 2. The van der Waals surface area contributed by atoms with Crippen LogP contribution in [-0.4, -0.2) is 31.6 Å². The van der Waals surface area contributed by atoms with Crippen LogP contribution in [0.3, 0.4) is 0 Å². The number of Topliss-reactive ketones (excluding diaryl/α,β-unsaturated/α-hetero) is 1. The molecule has 24 heavy (non-hydrogen) atoms. The van der Waals surface area contributed by atoms with Crippen LogP contribution in [0.5, 0.6) is 11.5 Å². The summed E-state index contributed by atoms with van der Waals surface area (Å²) in [6.07, 6.45) is 2.71. The Labute approximate surface area is 138 Å². The summed E-state index contributed by atoms with van der Waals surface area (Å²) in [5.74, 6) is 1.48. The molecule has 1 aromatic heterocycles. The summed E-state index contributed by atoms with van der Waals surface area (Å²) in [7, 11) is 0. The molecule has 0 spiro atoms. The van der Waals surface area contributed by atoms with Gasteiger partial charge in [0.05, 0.1) is 0 Å². The van der Waals surface area contributed by atoms with E-state index in [0.29, 0.717) is 36.0 Å². The van der Waals surface area contributed by atoms with Gasteiger partial charge in [0.25, 0.3) is 0 Å². The zero-order chi connectivity index (χ0) is 16.9. The van der Waals surface area contributed by atoms with Crippen LogP contribution in [0, 0.1) is 6.92 Å². The molecule has 0 N–H and O–H groups in total. The van der Waals surface area contributed by atoms with Gasteiger partial charge in [-0.1, -0.05) is 0 Å². The van der Waals surface area contributed by atoms with E-state index >= 15 is 0 Å². The highest BCUT2D eigenvalue weighted by atomic mass is 16.6. The number of carbonyl (C=O) groups is 2. The van der Waals surface area contributed by atoms with Crippen LogP contribution in [0.25, 0.3) is 6.08 Å². The average molecular weight is 328 g/mol. The van der Waals surface area contributed by atoms with Crippen LogP contribution in [0.15, 0.2) is 40.8 Å². The van der Waals surface area contributed by atoms with Crippen molar-refractivity contribution < 1.29 is 28.2 Å². The van der Waals surface area contributed by atoms with Crippen molar-refractivity contribution in [3.8, 4) is 11.5 Å². The second-order valence-electron chi connectivity index (χ2n) is 5.17. The van der Waals surface area contributed by atoms with Crippen LogP contribution in [0.4, 0.5) is 0 Å². The lowest BCUT2D eigenvalue weighted by molar-refractivity contribution is -0.136. The third-order valence-electron chi connectivity index (χ3n) is 3.35. The largest absolute Gasteiger partial charge is 0.486 e. The Bertz CT molecular complexity index is 787. The summed E-state index contributed by atoms with van der Waals surface area (Å²) in [5.41, 5.74) is 0.401. The first kappa shape index (κ1) is 15.9. The van der Waals surface area contributed by atoms with Crippen molar-refractivity contribution in [1.82, 2.24) is 0 Å². The first-order valence-corrected chi connectivity index (χ1v) is 7.46. The van der Waals surface area contributed by atoms with Crippen LogP contribution < -0.4 is 9.47 Å². The number of fused-ring (bicyclic) bond motifs is 1. The second kappa shape index (κ2) is 7.04. The van der Waals surface area contributed by atoms with E-state index in [9.17, 15) is 9.59 Å². The van der Waals surface area contributed by atoms with Crippen molar-refractivity contribution in [2.24, 2.45) is 0 Å². The molecule has 0 amide bonds. The van der Waals surface area contributed by atoms with Gasteiger partial charge in [0.15, 0.2) is 23.9 Å². The Morgan fingerprint density at radius 3 is 2.67 bits per heavy atom. The minimum Gasteiger partial charge on any atom is -0.486 e. The molecule has 0 atom stereocenters. The molecule has 1 aliphatic heterocycles. The molecule has 0 aliphatic carbocycles. The Balaban J connectivity index is 1.55. The lowest BCUT2D eigenvalue weighted by Crippen LogP contribution is -2.17. The number of aryl methyl sites for hydroxylation is 1. The van der Waals surface area contributed by atoms with E-state index in [1.165, 1.54) is 12.2 Å². The van der Waals surface area contributed by atoms with Crippen LogP contribution in [0.2, 0.25) is 0 Å². The normalized spacial score (nSPS) is 13.0. The number of benzene rings is 1. The predicted molar refractivity (Wildman–Crippen MR) is 85.2 cm³/mol. The Hall–Kier alpha value is -3.02. The highest BCUT2D eigenvalue weighted by Crippen LogP contribution is 2.30. The lowest BCUT2D eigenvalue weighted by atomic mass is 10.1. The van der Waals surface area contributed by atoms with Gasteiger partial charge in [0.1, 0.15) is 24.7 Å². The Morgan fingerprint density at radius 1 is 1.12 bits per heavy atom. The van der Waals surface area contributed by atoms with E-state index in [2.05, 4.69) is 0 Å². The Morgan fingerprint density at radius 2 is 1.92 bits per heavy atom. The fraction of sp³-hybridized carbons (Fsp3) is 0.222. The third-order valence-corrected chi connectivity index (χ3v) is 3.35. The molecule has 1 aliphatic rings. The molecule has 0 radical (unpaired) electrons. The zero-order valence-corrected chi connectivity index (χ0v) is 13.1. The van der Waals surface area contributed by atoms with E-state index in [1.54, 1.807) is 30.3 Å². The second-order valence-corrected chi connectivity index (χ2v) is 5.17. The monoisotopic (exact) mass is 328 g/mol. The summed E-state index contributed by atoms with van der Waals surface area (Å²) in [6.45, 7) is 2.39. The van der Waals surface area contributed by atoms with Gasteiger partial charge in [-0.05, 0) is 43.3 Å². The van der Waals surface area contributed by atoms with Gasteiger partial charge in [0, 0.05) is 11.6 Å². The number of hydrogen-bond donors (Lipinski definition) is 0. The van der Waals surface area contributed by atoms with Crippen molar-refractivity contribution in [2.75, 3.05) is 19.8 Å². The fourth-order valence-corrected chi connectivity index (χ4v) is 2.18. The summed E-state index contributed by atoms with van der Waals surface area (Å²) < 4.78 is 21.1. The van der Waals surface area contributed by atoms with E-state index < -0.39 is 5.97 Å². The van der Waals surface area contributed by atoms with Crippen LogP contribution in [0.1, 0.15) is 21.9 Å². The van der Waals surface area contributed by atoms with E-state index in [1.807, 2.05) is 6.92 Å². The fourth-order valence-electron chi connectivity index (χ4n) is 2.18. The molecule has 0 fully saturated rings. The molecule has 6 heteroatoms. The number of ketones is 1. The maximum atomic E-state index is 12.1. The maximum absolute atomic E-state index is 12.1.